The van der Waals surface area contributed by atoms with Gasteiger partial charge in [-0.3, -0.25) is 4.79 Å². The Hall–Kier alpha value is -2.15. The SMILES string of the molecule is CC(C)C(=O)c1cnn2cc(C#N)ccc12. The summed E-state index contributed by atoms with van der Waals surface area (Å²) in [5.74, 6) is 0.0170. The lowest BCUT2D eigenvalue weighted by atomic mass is 10.0. The van der Waals surface area contributed by atoms with Crippen LogP contribution in [0, 0.1) is 17.2 Å². The van der Waals surface area contributed by atoms with Crippen LogP contribution >= 0.6 is 0 Å². The molecule has 0 aliphatic rings. The number of Topliss-reactive ketones (excluding diaryl/α,β-unsaturated/α-hetero) is 1. The summed E-state index contributed by atoms with van der Waals surface area (Å²) in [6.45, 7) is 3.71. The first-order chi connectivity index (χ1) is 7.63. The van der Waals surface area contributed by atoms with Gasteiger partial charge in [-0.2, -0.15) is 10.4 Å². The van der Waals surface area contributed by atoms with Gasteiger partial charge in [-0.05, 0) is 12.1 Å². The minimum atomic E-state index is -0.0522. The largest absolute Gasteiger partial charge is 0.294 e. The molecule has 2 aromatic rings. The summed E-state index contributed by atoms with van der Waals surface area (Å²) in [4.78, 5) is 11.9. The molecule has 0 saturated carbocycles. The van der Waals surface area contributed by atoms with Gasteiger partial charge < -0.3 is 0 Å². The molecular weight excluding hydrogens is 202 g/mol. The van der Waals surface area contributed by atoms with Crippen LogP contribution in [-0.2, 0) is 0 Å². The fraction of sp³-hybridized carbons (Fsp3) is 0.250. The van der Waals surface area contributed by atoms with Crippen LogP contribution in [0.25, 0.3) is 5.52 Å². The predicted molar refractivity (Wildman–Crippen MR) is 59.1 cm³/mol. The smallest absolute Gasteiger partial charge is 0.169 e. The van der Waals surface area contributed by atoms with Crippen LogP contribution in [0.2, 0.25) is 0 Å². The third-order valence-corrected chi connectivity index (χ3v) is 2.44. The summed E-state index contributed by atoms with van der Waals surface area (Å²) in [6.07, 6.45) is 3.17. The Labute approximate surface area is 93.1 Å². The first-order valence-corrected chi connectivity index (χ1v) is 5.05. The van der Waals surface area contributed by atoms with E-state index in [1.54, 1.807) is 29.0 Å². The van der Waals surface area contributed by atoms with Crippen LogP contribution in [0.15, 0.2) is 24.5 Å². The van der Waals surface area contributed by atoms with E-state index in [2.05, 4.69) is 5.10 Å². The van der Waals surface area contributed by atoms with E-state index in [0.29, 0.717) is 11.1 Å². The van der Waals surface area contributed by atoms with Gasteiger partial charge in [0.15, 0.2) is 5.78 Å². The molecule has 0 aliphatic carbocycles. The zero-order valence-electron chi connectivity index (χ0n) is 9.14. The Balaban J connectivity index is 2.59. The van der Waals surface area contributed by atoms with Crippen molar-refractivity contribution in [3.63, 3.8) is 0 Å². The molecule has 16 heavy (non-hydrogen) atoms. The van der Waals surface area contributed by atoms with E-state index in [1.807, 2.05) is 19.9 Å². The molecule has 0 aromatic carbocycles. The molecule has 0 fully saturated rings. The zero-order valence-corrected chi connectivity index (χ0v) is 9.14. The molecule has 0 bridgehead atoms. The number of fused-ring (bicyclic) bond motifs is 1. The van der Waals surface area contributed by atoms with Gasteiger partial charge in [0.1, 0.15) is 6.07 Å². The van der Waals surface area contributed by atoms with E-state index in [9.17, 15) is 4.79 Å². The van der Waals surface area contributed by atoms with Gasteiger partial charge in [0.25, 0.3) is 0 Å². The average molecular weight is 213 g/mol. The van der Waals surface area contributed by atoms with E-state index < -0.39 is 0 Å². The van der Waals surface area contributed by atoms with Crippen molar-refractivity contribution >= 4 is 11.3 Å². The van der Waals surface area contributed by atoms with Crippen molar-refractivity contribution in [1.82, 2.24) is 9.61 Å². The molecule has 0 aliphatic heterocycles. The Morgan fingerprint density at radius 1 is 1.50 bits per heavy atom. The summed E-state index contributed by atoms with van der Waals surface area (Å²) in [7, 11) is 0. The maximum absolute atomic E-state index is 11.9. The third-order valence-electron chi connectivity index (χ3n) is 2.44. The number of hydrogen-bond donors (Lipinski definition) is 0. The number of aromatic nitrogens is 2. The number of ketones is 1. The topological polar surface area (TPSA) is 58.2 Å². The standard InChI is InChI=1S/C12H11N3O/c1-8(2)12(16)10-6-14-15-7-9(5-13)3-4-11(10)15/h3-4,6-8H,1-2H3. The first-order valence-electron chi connectivity index (χ1n) is 5.05. The molecule has 0 radical (unpaired) electrons. The van der Waals surface area contributed by atoms with Crippen LogP contribution in [0.3, 0.4) is 0 Å². The molecule has 2 heterocycles. The fourth-order valence-corrected chi connectivity index (χ4v) is 1.55. The molecule has 0 spiro atoms. The lowest BCUT2D eigenvalue weighted by molar-refractivity contribution is 0.0941. The maximum Gasteiger partial charge on any atom is 0.169 e. The Bertz CT molecular complexity index is 590. The van der Waals surface area contributed by atoms with Crippen LogP contribution in [0.4, 0.5) is 0 Å². The van der Waals surface area contributed by atoms with E-state index in [1.165, 1.54) is 0 Å². The predicted octanol–water partition coefficient (Wildman–Crippen LogP) is 2.04. The summed E-state index contributed by atoms with van der Waals surface area (Å²) in [5.41, 5.74) is 1.89. The Morgan fingerprint density at radius 2 is 2.25 bits per heavy atom. The minimum absolute atomic E-state index is 0.0522. The van der Waals surface area contributed by atoms with Crippen LogP contribution in [-0.4, -0.2) is 15.4 Å². The van der Waals surface area contributed by atoms with Crippen LogP contribution < -0.4 is 0 Å². The number of pyridine rings is 1. The van der Waals surface area contributed by atoms with Crippen LogP contribution in [0.1, 0.15) is 29.8 Å². The van der Waals surface area contributed by atoms with Gasteiger partial charge in [0, 0.05) is 12.1 Å². The van der Waals surface area contributed by atoms with Gasteiger partial charge in [-0.15, -0.1) is 0 Å². The highest BCUT2D eigenvalue weighted by Gasteiger charge is 2.15. The lowest BCUT2D eigenvalue weighted by Crippen LogP contribution is -2.06. The van der Waals surface area contributed by atoms with Gasteiger partial charge >= 0.3 is 0 Å². The number of carbonyl (C=O) groups is 1. The number of nitriles is 1. The number of rotatable bonds is 2. The van der Waals surface area contributed by atoms with Gasteiger partial charge in [0.2, 0.25) is 0 Å². The molecule has 4 heteroatoms. The minimum Gasteiger partial charge on any atom is -0.294 e. The molecule has 0 N–H and O–H groups in total. The van der Waals surface area contributed by atoms with Crippen molar-refractivity contribution in [3.05, 3.63) is 35.7 Å². The van der Waals surface area contributed by atoms with Crippen molar-refractivity contribution in [2.45, 2.75) is 13.8 Å². The summed E-state index contributed by atoms with van der Waals surface area (Å²) >= 11 is 0. The second-order valence-electron chi connectivity index (χ2n) is 3.94. The highest BCUT2D eigenvalue weighted by molar-refractivity contribution is 6.03. The molecule has 0 atom stereocenters. The highest BCUT2D eigenvalue weighted by atomic mass is 16.1. The first kappa shape index (κ1) is 10.4. The molecule has 2 aromatic heterocycles. The van der Waals surface area contributed by atoms with Gasteiger partial charge in [-0.1, -0.05) is 13.8 Å². The third kappa shape index (κ3) is 1.57. The van der Waals surface area contributed by atoms with Gasteiger partial charge in [-0.25, -0.2) is 4.52 Å². The van der Waals surface area contributed by atoms with Crippen LogP contribution in [0.5, 0.6) is 0 Å². The van der Waals surface area contributed by atoms with Crippen molar-refractivity contribution < 1.29 is 4.79 Å². The summed E-state index contributed by atoms with van der Waals surface area (Å²) in [6, 6.07) is 5.47. The Morgan fingerprint density at radius 3 is 2.88 bits per heavy atom. The molecule has 0 amide bonds. The normalized spacial score (nSPS) is 10.6. The van der Waals surface area contributed by atoms with E-state index in [-0.39, 0.29) is 11.7 Å². The van der Waals surface area contributed by atoms with Crippen molar-refractivity contribution in [3.8, 4) is 6.07 Å². The van der Waals surface area contributed by atoms with E-state index in [0.717, 1.165) is 5.52 Å². The monoisotopic (exact) mass is 213 g/mol. The molecule has 4 nitrogen and oxygen atoms in total. The number of nitrogens with zero attached hydrogens (tertiary/aromatic N) is 3. The summed E-state index contributed by atoms with van der Waals surface area (Å²) in [5, 5.41) is 12.8. The average Bonchev–Trinajstić information content (AvgIpc) is 2.70. The maximum atomic E-state index is 11.9. The van der Waals surface area contributed by atoms with Crippen molar-refractivity contribution in [2.75, 3.05) is 0 Å². The summed E-state index contributed by atoms with van der Waals surface area (Å²) < 4.78 is 1.56. The molecule has 2 rings (SSSR count). The number of carbonyl (C=O) groups excluding carboxylic acids is 1. The zero-order chi connectivity index (χ0) is 11.7. The Kier molecular flexibility index (Phi) is 2.45. The molecular formula is C12H11N3O. The van der Waals surface area contributed by atoms with E-state index >= 15 is 0 Å². The highest BCUT2D eigenvalue weighted by Crippen LogP contribution is 2.15. The lowest BCUT2D eigenvalue weighted by Gasteiger charge is -2.01. The second-order valence-corrected chi connectivity index (χ2v) is 3.94. The molecule has 0 saturated heterocycles. The van der Waals surface area contributed by atoms with Crippen molar-refractivity contribution in [1.29, 1.82) is 5.26 Å². The van der Waals surface area contributed by atoms with Gasteiger partial charge in [0.05, 0.1) is 22.8 Å². The van der Waals surface area contributed by atoms with E-state index in [4.69, 9.17) is 5.26 Å². The fourth-order valence-electron chi connectivity index (χ4n) is 1.55. The molecule has 80 valence electrons. The second kappa shape index (κ2) is 3.78. The number of hydrogen-bond acceptors (Lipinski definition) is 3. The quantitative estimate of drug-likeness (QED) is 0.717. The van der Waals surface area contributed by atoms with Crippen molar-refractivity contribution in [2.24, 2.45) is 5.92 Å². The molecule has 0 unspecified atom stereocenters.